The normalized spacial score (nSPS) is 23.2. The number of rotatable bonds is 3. The van der Waals surface area contributed by atoms with Crippen molar-refractivity contribution in [2.75, 3.05) is 0 Å². The van der Waals surface area contributed by atoms with Crippen LogP contribution in [0.4, 0.5) is 0 Å². The van der Waals surface area contributed by atoms with E-state index in [-0.39, 0.29) is 23.7 Å². The number of hydrogen-bond acceptors (Lipinski definition) is 3. The topological polar surface area (TPSA) is 27.7 Å². The zero-order chi connectivity index (χ0) is 18.5. The van der Waals surface area contributed by atoms with Crippen molar-refractivity contribution in [3.63, 3.8) is 0 Å². The van der Waals surface area contributed by atoms with E-state index in [1.54, 1.807) is 0 Å². The van der Waals surface area contributed by atoms with Gasteiger partial charge in [0.05, 0.1) is 17.3 Å². The van der Waals surface area contributed by atoms with Crippen LogP contribution in [-0.4, -0.2) is 24.4 Å². The van der Waals surface area contributed by atoms with Gasteiger partial charge in [0.25, 0.3) is 0 Å². The van der Waals surface area contributed by atoms with Gasteiger partial charge in [0.15, 0.2) is 0 Å². The third-order valence-electron chi connectivity index (χ3n) is 5.93. The first-order valence-corrected chi connectivity index (χ1v) is 9.66. The Balaban J connectivity index is 1.89. The van der Waals surface area contributed by atoms with Crippen LogP contribution in [0.25, 0.3) is 0 Å². The van der Waals surface area contributed by atoms with Gasteiger partial charge in [0.2, 0.25) is 0 Å². The van der Waals surface area contributed by atoms with Crippen LogP contribution in [0.15, 0.2) is 18.2 Å². The maximum atomic E-state index is 6.35. The van der Waals surface area contributed by atoms with E-state index in [1.807, 2.05) is 0 Å². The van der Waals surface area contributed by atoms with E-state index in [0.717, 1.165) is 11.2 Å². The Kier molecular flexibility index (Phi) is 4.74. The van der Waals surface area contributed by atoms with Gasteiger partial charge in [-0.05, 0) is 75.9 Å². The molecule has 1 saturated heterocycles. The average molecular weight is 344 g/mol. The van der Waals surface area contributed by atoms with Crippen molar-refractivity contribution in [1.82, 2.24) is 0 Å². The van der Waals surface area contributed by atoms with Crippen LogP contribution in [0.2, 0.25) is 0 Å². The molecule has 138 valence electrons. The second kappa shape index (κ2) is 6.31. The lowest BCUT2D eigenvalue weighted by Gasteiger charge is -2.32. The Morgan fingerprint density at radius 3 is 2.08 bits per heavy atom. The minimum atomic E-state index is -0.327. The molecule has 0 N–H and O–H groups in total. The predicted octanol–water partition coefficient (Wildman–Crippen LogP) is 4.60. The van der Waals surface area contributed by atoms with Gasteiger partial charge in [0, 0.05) is 0 Å². The van der Waals surface area contributed by atoms with Crippen molar-refractivity contribution < 1.29 is 14.0 Å². The molecular weight excluding hydrogens is 311 g/mol. The second-order valence-electron chi connectivity index (χ2n) is 9.62. The summed E-state index contributed by atoms with van der Waals surface area (Å²) in [4.78, 5) is 0. The molecule has 1 heterocycles. The monoisotopic (exact) mass is 344 g/mol. The molecule has 0 spiro atoms. The molecule has 1 aromatic carbocycles. The highest BCUT2D eigenvalue weighted by Crippen LogP contribution is 2.38. The van der Waals surface area contributed by atoms with Gasteiger partial charge in [-0.15, -0.1) is 0 Å². The van der Waals surface area contributed by atoms with E-state index >= 15 is 0 Å². The zero-order valence-electron chi connectivity index (χ0n) is 16.9. The molecular formula is C21H33BO3. The Hall–Kier alpha value is -0.995. The van der Waals surface area contributed by atoms with Gasteiger partial charge >= 0.3 is 7.12 Å². The van der Waals surface area contributed by atoms with Crippen LogP contribution >= 0.6 is 0 Å². The van der Waals surface area contributed by atoms with E-state index in [4.69, 9.17) is 14.0 Å². The molecule has 4 heteroatoms. The van der Waals surface area contributed by atoms with Gasteiger partial charge in [-0.25, -0.2) is 0 Å². The Morgan fingerprint density at radius 1 is 1.00 bits per heavy atom. The third kappa shape index (κ3) is 3.75. The molecule has 1 aliphatic carbocycles. The largest absolute Gasteiger partial charge is 0.494 e. The van der Waals surface area contributed by atoms with E-state index in [2.05, 4.69) is 66.7 Å². The molecule has 1 saturated carbocycles. The van der Waals surface area contributed by atoms with E-state index < -0.39 is 0 Å². The van der Waals surface area contributed by atoms with Crippen LogP contribution < -0.4 is 10.2 Å². The molecule has 1 aliphatic heterocycles. The quantitative estimate of drug-likeness (QED) is 0.750. The zero-order valence-corrected chi connectivity index (χ0v) is 16.9. The second-order valence-corrected chi connectivity index (χ2v) is 9.62. The van der Waals surface area contributed by atoms with Crippen LogP contribution in [0, 0.1) is 0 Å². The fourth-order valence-corrected chi connectivity index (χ4v) is 3.55. The van der Waals surface area contributed by atoms with Crippen LogP contribution in [0.1, 0.15) is 79.7 Å². The van der Waals surface area contributed by atoms with Gasteiger partial charge in [0.1, 0.15) is 5.75 Å². The van der Waals surface area contributed by atoms with Gasteiger partial charge in [-0.3, -0.25) is 0 Å². The number of ether oxygens (including phenoxy) is 1. The number of hydrogen-bond donors (Lipinski definition) is 0. The summed E-state index contributed by atoms with van der Waals surface area (Å²) in [6.45, 7) is 15.1. The van der Waals surface area contributed by atoms with E-state index in [1.165, 1.54) is 31.2 Å². The highest BCUT2D eigenvalue weighted by Gasteiger charge is 2.51. The van der Waals surface area contributed by atoms with E-state index in [9.17, 15) is 0 Å². The predicted molar refractivity (Wildman–Crippen MR) is 104 cm³/mol. The average Bonchev–Trinajstić information content (AvgIpc) is 3.05. The smallest absolute Gasteiger partial charge is 0.490 e. The molecule has 0 bridgehead atoms. The van der Waals surface area contributed by atoms with Gasteiger partial charge in [-0.2, -0.15) is 0 Å². The van der Waals surface area contributed by atoms with E-state index in [0.29, 0.717) is 6.10 Å². The summed E-state index contributed by atoms with van der Waals surface area (Å²) in [5.74, 6) is 1.01. The van der Waals surface area contributed by atoms with Gasteiger partial charge in [-0.1, -0.05) is 32.9 Å². The standard InChI is InChI=1S/C21H33BO3/c1-19(2,3)17-14-15(22-24-20(4,5)21(6,7)25-22)12-13-18(17)23-16-10-8-9-11-16/h12-14,16H,8-11H2,1-7H3. The number of benzene rings is 1. The first-order chi connectivity index (χ1) is 11.5. The minimum absolute atomic E-state index is 0.00753. The fraction of sp³-hybridized carbons (Fsp3) is 0.714. The first-order valence-electron chi connectivity index (χ1n) is 9.66. The molecule has 3 rings (SSSR count). The lowest BCUT2D eigenvalue weighted by molar-refractivity contribution is 0.00578. The molecule has 0 atom stereocenters. The molecule has 0 radical (unpaired) electrons. The molecule has 0 unspecified atom stereocenters. The Bertz CT molecular complexity index is 609. The summed E-state index contributed by atoms with van der Waals surface area (Å²) >= 11 is 0. The van der Waals surface area contributed by atoms with Crippen LogP contribution in [-0.2, 0) is 14.7 Å². The van der Waals surface area contributed by atoms with Crippen molar-refractivity contribution in [2.45, 2.75) is 96.9 Å². The van der Waals surface area contributed by atoms with Crippen LogP contribution in [0.3, 0.4) is 0 Å². The fourth-order valence-electron chi connectivity index (χ4n) is 3.55. The molecule has 1 aromatic rings. The maximum Gasteiger partial charge on any atom is 0.494 e. The molecule has 2 aliphatic rings. The van der Waals surface area contributed by atoms with Crippen molar-refractivity contribution in [1.29, 1.82) is 0 Å². The summed E-state index contributed by atoms with van der Waals surface area (Å²) < 4.78 is 18.8. The summed E-state index contributed by atoms with van der Waals surface area (Å²) in [6.07, 6.45) is 5.26. The SMILES string of the molecule is CC(C)(C)c1cc(B2OC(C)(C)C(C)(C)O2)ccc1OC1CCCC1. The molecule has 2 fully saturated rings. The molecule has 0 aromatic heterocycles. The van der Waals surface area contributed by atoms with Crippen LogP contribution in [0.5, 0.6) is 5.75 Å². The Labute approximate surface area is 153 Å². The van der Waals surface area contributed by atoms with Gasteiger partial charge < -0.3 is 14.0 Å². The highest BCUT2D eigenvalue weighted by atomic mass is 16.7. The molecule has 0 amide bonds. The summed E-state index contributed by atoms with van der Waals surface area (Å²) in [5.41, 5.74) is 1.67. The lowest BCUT2D eigenvalue weighted by Crippen LogP contribution is -2.41. The molecule has 3 nitrogen and oxygen atoms in total. The Morgan fingerprint density at radius 2 is 1.56 bits per heavy atom. The third-order valence-corrected chi connectivity index (χ3v) is 5.93. The first kappa shape index (κ1) is 18.8. The van der Waals surface area contributed by atoms with Crippen molar-refractivity contribution in [3.05, 3.63) is 23.8 Å². The van der Waals surface area contributed by atoms with Crippen molar-refractivity contribution >= 4 is 12.6 Å². The highest BCUT2D eigenvalue weighted by molar-refractivity contribution is 6.62. The summed E-state index contributed by atoms with van der Waals surface area (Å²) in [7, 11) is -0.327. The minimum Gasteiger partial charge on any atom is -0.490 e. The lowest BCUT2D eigenvalue weighted by atomic mass is 9.75. The maximum absolute atomic E-state index is 6.35. The summed E-state index contributed by atoms with van der Waals surface area (Å²) in [6, 6.07) is 6.42. The summed E-state index contributed by atoms with van der Waals surface area (Å²) in [5, 5.41) is 0. The van der Waals surface area contributed by atoms with Crippen molar-refractivity contribution in [3.8, 4) is 5.75 Å². The molecule has 25 heavy (non-hydrogen) atoms. The van der Waals surface area contributed by atoms with Crippen molar-refractivity contribution in [2.24, 2.45) is 0 Å².